The quantitative estimate of drug-likeness (QED) is 0.851. The average Bonchev–Trinajstić information content (AvgIpc) is 2.92. The number of hydrogen-bond acceptors (Lipinski definition) is 3. The fraction of sp³-hybridized carbons (Fsp3) is 0.500. The SMILES string of the molecule is Cc1ccc2[nH]c3c(c2c1)CCCC3C(=O)NCCS(=O)(=O)N(C)C. The van der Waals surface area contributed by atoms with Crippen molar-refractivity contribution in [3.63, 3.8) is 0 Å². The molecule has 1 aliphatic carbocycles. The zero-order valence-electron chi connectivity index (χ0n) is 14.9. The molecule has 7 heteroatoms. The van der Waals surface area contributed by atoms with Gasteiger partial charge in [0.2, 0.25) is 15.9 Å². The number of aryl methyl sites for hydroxylation is 2. The first kappa shape index (κ1) is 17.9. The molecule has 2 N–H and O–H groups in total. The Balaban J connectivity index is 1.76. The Morgan fingerprint density at radius 2 is 2.12 bits per heavy atom. The molecule has 1 unspecified atom stereocenters. The van der Waals surface area contributed by atoms with Crippen LogP contribution in [0.5, 0.6) is 0 Å². The minimum Gasteiger partial charge on any atom is -0.357 e. The Bertz CT molecular complexity index is 900. The molecule has 0 saturated heterocycles. The maximum absolute atomic E-state index is 12.6. The van der Waals surface area contributed by atoms with E-state index in [4.69, 9.17) is 0 Å². The van der Waals surface area contributed by atoms with Crippen molar-refractivity contribution >= 4 is 26.8 Å². The molecule has 1 heterocycles. The Kier molecular flexibility index (Phi) is 4.88. The van der Waals surface area contributed by atoms with Crippen LogP contribution in [0.3, 0.4) is 0 Å². The topological polar surface area (TPSA) is 82.3 Å². The zero-order chi connectivity index (χ0) is 18.2. The van der Waals surface area contributed by atoms with Crippen molar-refractivity contribution in [2.45, 2.75) is 32.1 Å². The third-order valence-corrected chi connectivity index (χ3v) is 6.73. The van der Waals surface area contributed by atoms with Gasteiger partial charge in [-0.15, -0.1) is 0 Å². The Morgan fingerprint density at radius 1 is 1.36 bits per heavy atom. The van der Waals surface area contributed by atoms with Crippen molar-refractivity contribution in [3.05, 3.63) is 35.0 Å². The zero-order valence-corrected chi connectivity index (χ0v) is 15.7. The summed E-state index contributed by atoms with van der Waals surface area (Å²) in [6, 6.07) is 6.28. The first-order chi connectivity index (χ1) is 11.8. The molecule has 1 aromatic heterocycles. The van der Waals surface area contributed by atoms with Gasteiger partial charge in [0.15, 0.2) is 0 Å². The number of carbonyl (C=O) groups is 1. The van der Waals surface area contributed by atoms with Crippen molar-refractivity contribution in [1.82, 2.24) is 14.6 Å². The van der Waals surface area contributed by atoms with E-state index >= 15 is 0 Å². The summed E-state index contributed by atoms with van der Waals surface area (Å²) in [6.07, 6.45) is 2.71. The molecule has 0 bridgehead atoms. The average molecular weight is 363 g/mol. The maximum Gasteiger partial charge on any atom is 0.229 e. The second kappa shape index (κ2) is 6.80. The molecule has 2 aromatic rings. The second-order valence-electron chi connectivity index (χ2n) is 6.90. The van der Waals surface area contributed by atoms with Gasteiger partial charge in [0.25, 0.3) is 0 Å². The monoisotopic (exact) mass is 363 g/mol. The summed E-state index contributed by atoms with van der Waals surface area (Å²) in [5.74, 6) is -0.422. The number of aromatic amines is 1. The Labute approximate surface area is 148 Å². The van der Waals surface area contributed by atoms with E-state index < -0.39 is 10.0 Å². The highest BCUT2D eigenvalue weighted by atomic mass is 32.2. The van der Waals surface area contributed by atoms with Gasteiger partial charge in [-0.2, -0.15) is 0 Å². The molecule has 1 aromatic carbocycles. The van der Waals surface area contributed by atoms with Gasteiger partial charge in [0, 0.05) is 37.2 Å². The lowest BCUT2D eigenvalue weighted by Gasteiger charge is -2.22. The molecule has 3 rings (SSSR count). The standard InChI is InChI=1S/C18H25N3O3S/c1-12-7-8-16-15(11-12)13-5-4-6-14(17(13)20-16)18(22)19-9-10-25(23,24)21(2)3/h7-8,11,14,20H,4-6,9-10H2,1-3H3,(H,19,22). The van der Waals surface area contributed by atoms with Crippen molar-refractivity contribution < 1.29 is 13.2 Å². The molecule has 1 aliphatic rings. The van der Waals surface area contributed by atoms with Gasteiger partial charge >= 0.3 is 0 Å². The molecule has 136 valence electrons. The number of H-pyrrole nitrogens is 1. The summed E-state index contributed by atoms with van der Waals surface area (Å²) in [4.78, 5) is 16.0. The Morgan fingerprint density at radius 3 is 2.84 bits per heavy atom. The molecule has 6 nitrogen and oxygen atoms in total. The van der Waals surface area contributed by atoms with Crippen molar-refractivity contribution in [2.24, 2.45) is 0 Å². The van der Waals surface area contributed by atoms with E-state index in [9.17, 15) is 13.2 Å². The molecule has 25 heavy (non-hydrogen) atoms. The van der Waals surface area contributed by atoms with E-state index in [1.807, 2.05) is 0 Å². The van der Waals surface area contributed by atoms with Gasteiger partial charge in [-0.3, -0.25) is 4.79 Å². The smallest absolute Gasteiger partial charge is 0.229 e. The predicted octanol–water partition coefficient (Wildman–Crippen LogP) is 1.90. The lowest BCUT2D eigenvalue weighted by molar-refractivity contribution is -0.122. The van der Waals surface area contributed by atoms with Gasteiger partial charge in [-0.05, 0) is 43.9 Å². The lowest BCUT2D eigenvalue weighted by atomic mass is 9.86. The van der Waals surface area contributed by atoms with Crippen LogP contribution >= 0.6 is 0 Å². The molecule has 0 saturated carbocycles. The number of hydrogen-bond donors (Lipinski definition) is 2. The molecule has 1 amide bonds. The third-order valence-electron chi connectivity index (χ3n) is 4.89. The minimum absolute atomic E-state index is 0.0861. The van der Waals surface area contributed by atoms with Gasteiger partial charge in [-0.1, -0.05) is 11.6 Å². The molecule has 0 radical (unpaired) electrons. The fourth-order valence-electron chi connectivity index (χ4n) is 3.45. The molecular formula is C18H25N3O3S. The number of fused-ring (bicyclic) bond motifs is 3. The van der Waals surface area contributed by atoms with Crippen molar-refractivity contribution in [3.8, 4) is 0 Å². The van der Waals surface area contributed by atoms with Crippen molar-refractivity contribution in [2.75, 3.05) is 26.4 Å². The minimum atomic E-state index is -3.30. The largest absolute Gasteiger partial charge is 0.357 e. The van der Waals surface area contributed by atoms with Gasteiger partial charge < -0.3 is 10.3 Å². The van der Waals surface area contributed by atoms with Crippen LogP contribution in [0.15, 0.2) is 18.2 Å². The number of rotatable bonds is 5. The second-order valence-corrected chi connectivity index (χ2v) is 9.20. The normalized spacial score (nSPS) is 17.7. The van der Waals surface area contributed by atoms with E-state index in [0.717, 1.165) is 30.5 Å². The van der Waals surface area contributed by atoms with Gasteiger partial charge in [0.1, 0.15) is 0 Å². The predicted molar refractivity (Wildman–Crippen MR) is 99.2 cm³/mol. The first-order valence-corrected chi connectivity index (χ1v) is 10.2. The maximum atomic E-state index is 12.6. The highest BCUT2D eigenvalue weighted by molar-refractivity contribution is 7.89. The van der Waals surface area contributed by atoms with Crippen LogP contribution in [0.2, 0.25) is 0 Å². The molecule has 0 spiro atoms. The van der Waals surface area contributed by atoms with Crippen LogP contribution in [0.25, 0.3) is 10.9 Å². The van der Waals surface area contributed by atoms with Gasteiger partial charge in [-0.25, -0.2) is 12.7 Å². The Hall–Kier alpha value is -1.86. The molecule has 0 fully saturated rings. The number of amides is 1. The lowest BCUT2D eigenvalue weighted by Crippen LogP contribution is -2.37. The van der Waals surface area contributed by atoms with Crippen molar-refractivity contribution in [1.29, 1.82) is 0 Å². The molecule has 1 atom stereocenters. The van der Waals surface area contributed by atoms with E-state index in [2.05, 4.69) is 35.4 Å². The number of benzene rings is 1. The highest BCUT2D eigenvalue weighted by Gasteiger charge is 2.29. The number of aromatic nitrogens is 1. The first-order valence-electron chi connectivity index (χ1n) is 8.58. The van der Waals surface area contributed by atoms with E-state index in [1.54, 1.807) is 0 Å². The summed E-state index contributed by atoms with van der Waals surface area (Å²) >= 11 is 0. The molecular weight excluding hydrogens is 338 g/mol. The summed E-state index contributed by atoms with van der Waals surface area (Å²) < 4.78 is 24.8. The van der Waals surface area contributed by atoms with Crippen LogP contribution < -0.4 is 5.32 Å². The number of nitrogens with zero attached hydrogens (tertiary/aromatic N) is 1. The molecule has 0 aliphatic heterocycles. The third kappa shape index (κ3) is 3.57. The van der Waals surface area contributed by atoms with Crippen LogP contribution in [0.4, 0.5) is 0 Å². The van der Waals surface area contributed by atoms with Crippen LogP contribution in [-0.4, -0.2) is 50.0 Å². The highest BCUT2D eigenvalue weighted by Crippen LogP contribution is 2.36. The van der Waals surface area contributed by atoms with E-state index in [1.165, 1.54) is 34.9 Å². The fourth-order valence-corrected chi connectivity index (χ4v) is 4.17. The van der Waals surface area contributed by atoms with E-state index in [-0.39, 0.29) is 24.1 Å². The van der Waals surface area contributed by atoms with E-state index in [0.29, 0.717) is 0 Å². The van der Waals surface area contributed by atoms with Crippen LogP contribution in [0.1, 0.15) is 35.6 Å². The summed E-state index contributed by atoms with van der Waals surface area (Å²) in [5.41, 5.74) is 4.48. The number of nitrogens with one attached hydrogen (secondary N) is 2. The van der Waals surface area contributed by atoms with Crippen LogP contribution in [0, 0.1) is 6.92 Å². The summed E-state index contributed by atoms with van der Waals surface area (Å²) in [6.45, 7) is 2.20. The summed E-state index contributed by atoms with van der Waals surface area (Å²) in [5, 5.41) is 3.99. The summed E-state index contributed by atoms with van der Waals surface area (Å²) in [7, 11) is -0.305. The number of carbonyl (C=O) groups excluding carboxylic acids is 1. The van der Waals surface area contributed by atoms with Gasteiger partial charge in [0.05, 0.1) is 11.7 Å². The van der Waals surface area contributed by atoms with Crippen LogP contribution in [-0.2, 0) is 21.2 Å². The number of sulfonamides is 1.